The number of pyridine rings is 3. The van der Waals surface area contributed by atoms with Crippen molar-refractivity contribution in [2.75, 3.05) is 0 Å². The molecule has 334 valence electrons. The van der Waals surface area contributed by atoms with Gasteiger partial charge in [-0.05, 0) is 134 Å². The van der Waals surface area contributed by atoms with Crippen molar-refractivity contribution in [2.45, 2.75) is 25.7 Å². The Bertz CT molecular complexity index is 3360. The van der Waals surface area contributed by atoms with E-state index >= 15 is 0 Å². The zero-order valence-corrected chi connectivity index (χ0v) is 39.0. The van der Waals surface area contributed by atoms with Gasteiger partial charge in [-0.2, -0.15) is 0 Å². The van der Waals surface area contributed by atoms with Crippen LogP contribution in [0.15, 0.2) is 261 Å². The van der Waals surface area contributed by atoms with Crippen molar-refractivity contribution in [3.05, 3.63) is 283 Å². The number of benzene rings is 8. The Kier molecular flexibility index (Phi) is 12.9. The minimum Gasteiger partial charge on any atom is -0.256 e. The molecule has 0 atom stereocenters. The monoisotopic (exact) mass is 897 g/mol. The molecule has 0 saturated carbocycles. The summed E-state index contributed by atoms with van der Waals surface area (Å²) in [5.41, 5.74) is 23.0. The molecule has 3 heteroatoms. The van der Waals surface area contributed by atoms with Crippen LogP contribution in [-0.4, -0.2) is 15.0 Å². The third kappa shape index (κ3) is 10.2. The third-order valence-electron chi connectivity index (χ3n) is 13.2. The Morgan fingerprint density at radius 1 is 0.200 bits per heavy atom. The Morgan fingerprint density at radius 3 is 1.00 bits per heavy atom. The molecule has 3 heterocycles. The van der Waals surface area contributed by atoms with Crippen LogP contribution in [0.3, 0.4) is 0 Å². The largest absolute Gasteiger partial charge is 0.256 e. The Balaban J connectivity index is 0.894. The zero-order valence-electron chi connectivity index (χ0n) is 39.0. The van der Waals surface area contributed by atoms with Crippen molar-refractivity contribution in [1.82, 2.24) is 15.0 Å². The highest BCUT2D eigenvalue weighted by atomic mass is 14.7. The highest BCUT2D eigenvalue weighted by Crippen LogP contribution is 2.37. The molecule has 0 amide bonds. The van der Waals surface area contributed by atoms with E-state index in [2.05, 4.69) is 231 Å². The van der Waals surface area contributed by atoms with E-state index in [4.69, 9.17) is 15.0 Å². The molecule has 0 fully saturated rings. The molecule has 11 rings (SSSR count). The fourth-order valence-corrected chi connectivity index (χ4v) is 9.42. The molecule has 0 aliphatic carbocycles. The van der Waals surface area contributed by atoms with Gasteiger partial charge in [0.2, 0.25) is 0 Å². The zero-order chi connectivity index (χ0) is 46.9. The molecule has 0 unspecified atom stereocenters. The van der Waals surface area contributed by atoms with Gasteiger partial charge >= 0.3 is 0 Å². The van der Waals surface area contributed by atoms with Gasteiger partial charge in [0, 0.05) is 40.8 Å². The average molecular weight is 898 g/mol. The van der Waals surface area contributed by atoms with Gasteiger partial charge in [-0.1, -0.05) is 206 Å². The molecule has 0 bridgehead atoms. The van der Waals surface area contributed by atoms with E-state index in [1.165, 1.54) is 55.6 Å². The first-order chi connectivity index (χ1) is 34.6. The van der Waals surface area contributed by atoms with Crippen molar-refractivity contribution >= 4 is 0 Å². The number of aromatic nitrogens is 3. The fraction of sp³-hybridized carbons (Fsp3) is 0.0597. The normalized spacial score (nSPS) is 11.1. The van der Waals surface area contributed by atoms with Gasteiger partial charge in [0.15, 0.2) is 0 Å². The molecule has 0 saturated heterocycles. The number of aryl methyl sites for hydroxylation is 4. The minimum absolute atomic E-state index is 0.898. The maximum absolute atomic E-state index is 5.18. The number of rotatable bonds is 14. The lowest BCUT2D eigenvalue weighted by Gasteiger charge is -2.15. The summed E-state index contributed by atoms with van der Waals surface area (Å²) in [6, 6.07) is 86.7. The van der Waals surface area contributed by atoms with Crippen LogP contribution in [0.1, 0.15) is 22.3 Å². The summed E-state index contributed by atoms with van der Waals surface area (Å²) in [7, 11) is 0. The van der Waals surface area contributed by atoms with E-state index < -0.39 is 0 Å². The summed E-state index contributed by atoms with van der Waals surface area (Å²) in [5.74, 6) is 0. The lowest BCUT2D eigenvalue weighted by atomic mass is 9.90. The molecule has 8 aromatic carbocycles. The van der Waals surface area contributed by atoms with Crippen LogP contribution in [0.2, 0.25) is 0 Å². The van der Waals surface area contributed by atoms with E-state index in [0.29, 0.717) is 0 Å². The molecular formula is C67H51N3. The van der Waals surface area contributed by atoms with Gasteiger partial charge in [-0.3, -0.25) is 15.0 Å². The van der Waals surface area contributed by atoms with Crippen LogP contribution in [0, 0.1) is 0 Å². The Morgan fingerprint density at radius 2 is 0.543 bits per heavy atom. The maximum Gasteiger partial charge on any atom is 0.0702 e. The number of hydrogen-bond donors (Lipinski definition) is 0. The SMILES string of the molecule is c1ccc(-c2ccc(-c3cc(-c4ccccc4)cc(-c4ccc(-c5ccccc5-c5cc(CCc6ccc(-c7ccccc7)nc6)cc(CCc6ccc(-c7ccccc7)nc6)c5)cn4)c3)cc2)cc1. The van der Waals surface area contributed by atoms with Crippen LogP contribution in [0.5, 0.6) is 0 Å². The second-order valence-corrected chi connectivity index (χ2v) is 18.0. The smallest absolute Gasteiger partial charge is 0.0702 e. The van der Waals surface area contributed by atoms with Gasteiger partial charge in [0.1, 0.15) is 0 Å². The van der Waals surface area contributed by atoms with Gasteiger partial charge in [0.05, 0.1) is 17.1 Å². The molecule has 0 aliphatic rings. The summed E-state index contributed by atoms with van der Waals surface area (Å²) in [6.07, 6.45) is 9.71. The predicted molar refractivity (Wildman–Crippen MR) is 291 cm³/mol. The van der Waals surface area contributed by atoms with Crippen molar-refractivity contribution in [3.63, 3.8) is 0 Å². The van der Waals surface area contributed by atoms with Crippen LogP contribution in [0.25, 0.3) is 89.4 Å². The van der Waals surface area contributed by atoms with E-state index in [-0.39, 0.29) is 0 Å². The standard InChI is InChI=1S/C67H51N3/c1-5-15-52(16-6-1)54-31-33-55(34-32-54)60-42-59(53-17-7-2-8-18-53)43-62(44-60)67-38-35-58(47-70-67)63-23-13-14-24-64(63)61-40-50(27-25-48-29-36-65(68-45-48)56-19-9-3-10-20-56)39-51(41-61)28-26-49-30-37-66(69-46-49)57-21-11-4-12-22-57/h1-24,29-47H,25-28H2. The average Bonchev–Trinajstić information content (AvgIpc) is 3.45. The molecular weight excluding hydrogens is 847 g/mol. The van der Waals surface area contributed by atoms with Crippen molar-refractivity contribution in [3.8, 4) is 89.4 Å². The second-order valence-electron chi connectivity index (χ2n) is 18.0. The van der Waals surface area contributed by atoms with Crippen LogP contribution in [-0.2, 0) is 25.7 Å². The minimum atomic E-state index is 0.898. The quantitative estimate of drug-likeness (QED) is 0.109. The molecule has 3 aromatic heterocycles. The number of hydrogen-bond acceptors (Lipinski definition) is 3. The van der Waals surface area contributed by atoms with Crippen molar-refractivity contribution in [1.29, 1.82) is 0 Å². The maximum atomic E-state index is 5.18. The highest BCUT2D eigenvalue weighted by molar-refractivity contribution is 5.85. The molecule has 0 aliphatic heterocycles. The van der Waals surface area contributed by atoms with Crippen LogP contribution in [0.4, 0.5) is 0 Å². The van der Waals surface area contributed by atoms with Crippen molar-refractivity contribution < 1.29 is 0 Å². The van der Waals surface area contributed by atoms with E-state index in [1.807, 2.05) is 30.7 Å². The molecule has 3 nitrogen and oxygen atoms in total. The lowest BCUT2D eigenvalue weighted by molar-refractivity contribution is 0.923. The first-order valence-corrected chi connectivity index (χ1v) is 24.2. The van der Waals surface area contributed by atoms with Crippen molar-refractivity contribution in [2.24, 2.45) is 0 Å². The topological polar surface area (TPSA) is 38.7 Å². The molecule has 0 spiro atoms. The Labute approximate surface area is 411 Å². The first kappa shape index (κ1) is 43.8. The predicted octanol–water partition coefficient (Wildman–Crippen LogP) is 16.8. The molecule has 0 N–H and O–H groups in total. The summed E-state index contributed by atoms with van der Waals surface area (Å²) in [4.78, 5) is 14.9. The molecule has 70 heavy (non-hydrogen) atoms. The van der Waals surface area contributed by atoms with Gasteiger partial charge < -0.3 is 0 Å². The van der Waals surface area contributed by atoms with Crippen LogP contribution >= 0.6 is 0 Å². The van der Waals surface area contributed by atoms with Gasteiger partial charge in [-0.25, -0.2) is 0 Å². The summed E-state index contributed by atoms with van der Waals surface area (Å²) >= 11 is 0. The van der Waals surface area contributed by atoms with E-state index in [1.54, 1.807) is 0 Å². The fourth-order valence-electron chi connectivity index (χ4n) is 9.42. The second kappa shape index (κ2) is 20.6. The van der Waals surface area contributed by atoms with E-state index in [9.17, 15) is 0 Å². The summed E-state index contributed by atoms with van der Waals surface area (Å²) in [5, 5.41) is 0. The molecule has 11 aromatic rings. The van der Waals surface area contributed by atoms with E-state index in [0.717, 1.165) is 81.7 Å². The van der Waals surface area contributed by atoms with Gasteiger partial charge in [0.25, 0.3) is 0 Å². The highest BCUT2D eigenvalue weighted by Gasteiger charge is 2.14. The Hall–Kier alpha value is -8.79. The summed E-state index contributed by atoms with van der Waals surface area (Å²) < 4.78 is 0. The van der Waals surface area contributed by atoms with Crippen LogP contribution < -0.4 is 0 Å². The lowest BCUT2D eigenvalue weighted by Crippen LogP contribution is -1.98. The third-order valence-corrected chi connectivity index (χ3v) is 13.2. The molecule has 0 radical (unpaired) electrons. The first-order valence-electron chi connectivity index (χ1n) is 24.2. The summed E-state index contributed by atoms with van der Waals surface area (Å²) in [6.45, 7) is 0. The number of nitrogens with zero attached hydrogens (tertiary/aromatic N) is 3. The van der Waals surface area contributed by atoms with Gasteiger partial charge in [-0.15, -0.1) is 0 Å².